The second kappa shape index (κ2) is 11.4. The summed E-state index contributed by atoms with van der Waals surface area (Å²) < 4.78 is 45.7. The van der Waals surface area contributed by atoms with Crippen molar-refractivity contribution in [1.82, 2.24) is 10.3 Å². The van der Waals surface area contributed by atoms with Crippen molar-refractivity contribution in [2.75, 3.05) is 17.7 Å². The number of ether oxygens (including phenoxy) is 1. The molecule has 0 spiro atoms. The number of rotatable bonds is 7. The number of pyridine rings is 1. The summed E-state index contributed by atoms with van der Waals surface area (Å²) in [5, 5.41) is 7.30. The molecular weight excluding hydrogens is 489 g/mol. The molecule has 0 bridgehead atoms. The Labute approximate surface area is 210 Å². The highest BCUT2D eigenvalue weighted by molar-refractivity contribution is 6.06. The minimum Gasteiger partial charge on any atom is -0.457 e. The number of urea groups is 1. The van der Waals surface area contributed by atoms with Crippen molar-refractivity contribution >= 4 is 29.1 Å². The largest absolute Gasteiger partial charge is 0.457 e. The molecule has 1 aromatic heterocycles. The van der Waals surface area contributed by atoms with Crippen LogP contribution in [0.3, 0.4) is 0 Å². The summed E-state index contributed by atoms with van der Waals surface area (Å²) >= 11 is 0. The van der Waals surface area contributed by atoms with E-state index in [-0.39, 0.29) is 22.9 Å². The molecule has 0 aliphatic heterocycles. The minimum absolute atomic E-state index is 0.176. The van der Waals surface area contributed by atoms with Crippen LogP contribution in [0.15, 0.2) is 72.4 Å². The van der Waals surface area contributed by atoms with Crippen molar-refractivity contribution in [3.63, 3.8) is 0 Å². The van der Waals surface area contributed by atoms with Crippen LogP contribution in [0.1, 0.15) is 40.3 Å². The van der Waals surface area contributed by atoms with Gasteiger partial charge in [0.1, 0.15) is 17.2 Å². The summed E-state index contributed by atoms with van der Waals surface area (Å²) in [6.07, 6.45) is -2.07. The van der Waals surface area contributed by atoms with E-state index in [9.17, 15) is 27.6 Å². The molecule has 3 rings (SSSR count). The maximum atomic E-state index is 13.3. The van der Waals surface area contributed by atoms with Crippen LogP contribution in [0.2, 0.25) is 0 Å². The Morgan fingerprint density at radius 1 is 0.892 bits per heavy atom. The molecule has 0 aliphatic rings. The van der Waals surface area contributed by atoms with Crippen LogP contribution in [0.5, 0.6) is 11.5 Å². The average Bonchev–Trinajstić information content (AvgIpc) is 2.83. The SMILES string of the molecule is CNC(=O)c1cc(Oc2ccc(NC(=O)Nc3cc(C(=O)C=C(C)C)cc(C(F)(F)F)c3)cc2)ccn1. The summed E-state index contributed by atoms with van der Waals surface area (Å²) in [4.78, 5) is 40.4. The number of aromatic nitrogens is 1. The summed E-state index contributed by atoms with van der Waals surface area (Å²) in [7, 11) is 1.48. The topological polar surface area (TPSA) is 109 Å². The van der Waals surface area contributed by atoms with Crippen LogP contribution in [-0.2, 0) is 6.18 Å². The predicted molar refractivity (Wildman–Crippen MR) is 132 cm³/mol. The standard InChI is InChI=1S/C26H23F3N4O4/c1-15(2)10-23(34)16-11-17(26(27,28)29)13-19(12-16)33-25(36)32-18-4-6-20(7-5-18)37-21-8-9-31-22(14-21)24(35)30-3/h4-14H,1-3H3,(H,30,35)(H2,32,33,36). The van der Waals surface area contributed by atoms with Crippen LogP contribution in [0, 0.1) is 0 Å². The predicted octanol–water partition coefficient (Wildman–Crippen LogP) is 6.05. The van der Waals surface area contributed by atoms with E-state index in [4.69, 9.17) is 4.74 Å². The number of halogens is 3. The fourth-order valence-corrected chi connectivity index (χ4v) is 3.11. The lowest BCUT2D eigenvalue weighted by Crippen LogP contribution is -2.20. The molecule has 8 nitrogen and oxygen atoms in total. The zero-order valence-corrected chi connectivity index (χ0v) is 20.1. The smallest absolute Gasteiger partial charge is 0.416 e. The van der Waals surface area contributed by atoms with Crippen molar-refractivity contribution in [1.29, 1.82) is 0 Å². The Morgan fingerprint density at radius 2 is 1.57 bits per heavy atom. The molecule has 3 amide bonds. The molecule has 0 aliphatic carbocycles. The van der Waals surface area contributed by atoms with Crippen LogP contribution in [0.25, 0.3) is 0 Å². The Balaban J connectivity index is 1.71. The lowest BCUT2D eigenvalue weighted by atomic mass is 10.0. The Hall–Kier alpha value is -4.67. The number of anilines is 2. The third kappa shape index (κ3) is 7.66. The van der Waals surface area contributed by atoms with Crippen LogP contribution >= 0.6 is 0 Å². The third-order valence-corrected chi connectivity index (χ3v) is 4.76. The van der Waals surface area contributed by atoms with Gasteiger partial charge in [0.05, 0.1) is 5.56 Å². The molecule has 2 aromatic carbocycles. The molecule has 11 heteroatoms. The van der Waals surface area contributed by atoms with E-state index in [0.717, 1.165) is 12.1 Å². The lowest BCUT2D eigenvalue weighted by molar-refractivity contribution is -0.137. The van der Waals surface area contributed by atoms with Gasteiger partial charge in [-0.05, 0) is 68.5 Å². The normalized spacial score (nSPS) is 10.8. The molecule has 0 saturated carbocycles. The first-order valence-electron chi connectivity index (χ1n) is 10.9. The van der Waals surface area contributed by atoms with Gasteiger partial charge in [-0.3, -0.25) is 14.6 Å². The number of nitrogens with one attached hydrogen (secondary N) is 3. The van der Waals surface area contributed by atoms with E-state index >= 15 is 0 Å². The zero-order chi connectivity index (χ0) is 27.2. The monoisotopic (exact) mass is 512 g/mol. The van der Waals surface area contributed by atoms with Crippen molar-refractivity contribution in [3.05, 3.63) is 89.3 Å². The van der Waals surface area contributed by atoms with E-state index < -0.39 is 23.6 Å². The summed E-state index contributed by atoms with van der Waals surface area (Å²) in [6.45, 7) is 3.29. The van der Waals surface area contributed by atoms with Crippen LogP contribution in [0.4, 0.5) is 29.3 Å². The Bertz CT molecular complexity index is 1350. The molecule has 1 heterocycles. The first-order chi connectivity index (χ1) is 17.4. The van der Waals surface area contributed by atoms with E-state index in [0.29, 0.717) is 22.8 Å². The molecule has 0 fully saturated rings. The number of alkyl halides is 3. The van der Waals surface area contributed by atoms with Crippen molar-refractivity contribution < 1.29 is 32.3 Å². The quantitative estimate of drug-likeness (QED) is 0.264. The van der Waals surface area contributed by atoms with Gasteiger partial charge in [-0.2, -0.15) is 13.2 Å². The van der Waals surface area contributed by atoms with Crippen molar-refractivity contribution in [3.8, 4) is 11.5 Å². The summed E-state index contributed by atoms with van der Waals surface area (Å²) in [5.74, 6) is -0.206. The molecular formula is C26H23F3N4O4. The number of allylic oxidation sites excluding steroid dienone is 2. The second-order valence-electron chi connectivity index (χ2n) is 8.04. The first kappa shape index (κ1) is 26.9. The minimum atomic E-state index is -4.71. The first-order valence-corrected chi connectivity index (χ1v) is 10.9. The number of nitrogens with zero attached hydrogens (tertiary/aromatic N) is 1. The lowest BCUT2D eigenvalue weighted by Gasteiger charge is -2.13. The highest BCUT2D eigenvalue weighted by Gasteiger charge is 2.32. The highest BCUT2D eigenvalue weighted by atomic mass is 19.4. The van der Waals surface area contributed by atoms with Gasteiger partial charge >= 0.3 is 12.2 Å². The third-order valence-electron chi connectivity index (χ3n) is 4.76. The van der Waals surface area contributed by atoms with E-state index in [1.807, 2.05) is 0 Å². The zero-order valence-electron chi connectivity index (χ0n) is 20.1. The molecule has 0 unspecified atom stereocenters. The molecule has 37 heavy (non-hydrogen) atoms. The summed E-state index contributed by atoms with van der Waals surface area (Å²) in [6, 6.07) is 11.0. The molecule has 3 aromatic rings. The molecule has 0 radical (unpaired) electrons. The maximum absolute atomic E-state index is 13.3. The van der Waals surface area contributed by atoms with Gasteiger partial charge in [-0.25, -0.2) is 4.79 Å². The number of benzene rings is 2. The van der Waals surface area contributed by atoms with E-state index in [2.05, 4.69) is 20.9 Å². The average molecular weight is 512 g/mol. The molecule has 0 saturated heterocycles. The fraction of sp³-hybridized carbons (Fsp3) is 0.154. The number of carbonyl (C=O) groups excluding carboxylic acids is 3. The Morgan fingerprint density at radius 3 is 2.19 bits per heavy atom. The highest BCUT2D eigenvalue weighted by Crippen LogP contribution is 2.32. The van der Waals surface area contributed by atoms with Crippen LogP contribution in [-0.4, -0.2) is 29.8 Å². The number of amides is 3. The maximum Gasteiger partial charge on any atom is 0.416 e. The fourth-order valence-electron chi connectivity index (χ4n) is 3.11. The number of hydrogen-bond acceptors (Lipinski definition) is 5. The number of ketones is 1. The van der Waals surface area contributed by atoms with Gasteiger partial charge in [0.2, 0.25) is 0 Å². The Kier molecular flexibility index (Phi) is 8.28. The van der Waals surface area contributed by atoms with Gasteiger partial charge in [-0.15, -0.1) is 0 Å². The van der Waals surface area contributed by atoms with Gasteiger partial charge in [0, 0.05) is 36.2 Å². The number of hydrogen-bond donors (Lipinski definition) is 3. The van der Waals surface area contributed by atoms with Gasteiger partial charge in [-0.1, -0.05) is 5.57 Å². The molecule has 0 atom stereocenters. The molecule has 3 N–H and O–H groups in total. The molecule has 192 valence electrons. The van der Waals surface area contributed by atoms with Gasteiger partial charge in [0.15, 0.2) is 5.78 Å². The van der Waals surface area contributed by atoms with Crippen molar-refractivity contribution in [2.24, 2.45) is 0 Å². The van der Waals surface area contributed by atoms with Crippen LogP contribution < -0.4 is 20.7 Å². The second-order valence-corrected chi connectivity index (χ2v) is 8.04. The van der Waals surface area contributed by atoms with E-state index in [1.165, 1.54) is 43.6 Å². The van der Waals surface area contributed by atoms with E-state index in [1.54, 1.807) is 32.0 Å². The van der Waals surface area contributed by atoms with Gasteiger partial charge < -0.3 is 20.7 Å². The summed E-state index contributed by atoms with van der Waals surface area (Å²) in [5.41, 5.74) is -0.328. The number of carbonyl (C=O) groups is 3. The van der Waals surface area contributed by atoms with Crippen molar-refractivity contribution in [2.45, 2.75) is 20.0 Å². The van der Waals surface area contributed by atoms with Gasteiger partial charge in [0.25, 0.3) is 5.91 Å².